The van der Waals surface area contributed by atoms with E-state index in [1.165, 1.54) is 16.5 Å². The molecule has 6 heteroatoms. The van der Waals surface area contributed by atoms with E-state index in [0.717, 1.165) is 77.5 Å². The molecular formula is C30H36N6. The van der Waals surface area contributed by atoms with Crippen LogP contribution in [0.5, 0.6) is 0 Å². The first-order valence-electron chi connectivity index (χ1n) is 12.7. The van der Waals surface area contributed by atoms with Crippen LogP contribution in [0.15, 0.2) is 60.7 Å². The number of likely N-dealkylation sites (N-methyl/N-ethyl adjacent to an activating group) is 2. The molecule has 2 aromatic heterocycles. The molecule has 5 rings (SSSR count). The highest BCUT2D eigenvalue weighted by molar-refractivity contribution is 6.10. The zero-order chi connectivity index (χ0) is 25.1. The lowest BCUT2D eigenvalue weighted by Crippen LogP contribution is -2.26. The summed E-state index contributed by atoms with van der Waals surface area (Å²) in [6, 6.07) is 21.9. The fourth-order valence-corrected chi connectivity index (χ4v) is 4.60. The van der Waals surface area contributed by atoms with Gasteiger partial charge in [-0.15, -0.1) is 0 Å². The quantitative estimate of drug-likeness (QED) is 0.176. The molecule has 0 aliphatic heterocycles. The van der Waals surface area contributed by atoms with Crippen LogP contribution in [0, 0.1) is 0 Å². The molecule has 0 bridgehead atoms. The van der Waals surface area contributed by atoms with Crippen molar-refractivity contribution < 1.29 is 0 Å². The normalized spacial score (nSPS) is 12.2. The van der Waals surface area contributed by atoms with Crippen LogP contribution in [-0.4, -0.2) is 74.1 Å². The average molecular weight is 481 g/mol. The Kier molecular flexibility index (Phi) is 7.39. The monoisotopic (exact) mass is 480 g/mol. The van der Waals surface area contributed by atoms with Crippen LogP contribution in [0.1, 0.15) is 11.1 Å². The molecule has 0 aliphatic rings. The van der Waals surface area contributed by atoms with Crippen LogP contribution in [0.3, 0.4) is 0 Å². The molecule has 0 saturated heterocycles. The van der Waals surface area contributed by atoms with Gasteiger partial charge in [0, 0.05) is 60.8 Å². The van der Waals surface area contributed by atoms with Crippen molar-refractivity contribution in [2.75, 3.05) is 54.4 Å². The van der Waals surface area contributed by atoms with E-state index >= 15 is 0 Å². The second-order valence-corrected chi connectivity index (χ2v) is 10.2. The Labute approximate surface area is 213 Å². The van der Waals surface area contributed by atoms with Crippen LogP contribution < -0.4 is 10.6 Å². The molecule has 0 radical (unpaired) electrons. The highest BCUT2D eigenvalue weighted by Crippen LogP contribution is 2.29. The summed E-state index contributed by atoms with van der Waals surface area (Å²) in [5.74, 6) is 0. The minimum absolute atomic E-state index is 0.854. The molecule has 0 unspecified atom stereocenters. The molecule has 0 atom stereocenters. The lowest BCUT2D eigenvalue weighted by atomic mass is 10.0. The molecule has 5 aromatic rings. The number of fused-ring (bicyclic) bond motifs is 5. The minimum Gasteiger partial charge on any atom is -0.311 e. The van der Waals surface area contributed by atoms with Gasteiger partial charge < -0.3 is 20.4 Å². The summed E-state index contributed by atoms with van der Waals surface area (Å²) in [6.07, 6.45) is 0. The van der Waals surface area contributed by atoms with E-state index in [9.17, 15) is 0 Å². The van der Waals surface area contributed by atoms with Crippen molar-refractivity contribution in [2.24, 2.45) is 0 Å². The molecule has 0 saturated carbocycles. The van der Waals surface area contributed by atoms with Gasteiger partial charge in [-0.25, -0.2) is 9.97 Å². The number of rotatable bonds is 10. The second kappa shape index (κ2) is 10.8. The van der Waals surface area contributed by atoms with Gasteiger partial charge >= 0.3 is 0 Å². The fraction of sp³-hybridized carbons (Fsp3) is 0.333. The molecule has 0 fully saturated rings. The smallest absolute Gasteiger partial charge is 0.0803 e. The zero-order valence-corrected chi connectivity index (χ0v) is 21.8. The van der Waals surface area contributed by atoms with E-state index in [1.807, 2.05) is 0 Å². The maximum atomic E-state index is 5.09. The van der Waals surface area contributed by atoms with E-state index in [1.54, 1.807) is 0 Å². The van der Waals surface area contributed by atoms with Crippen LogP contribution in [-0.2, 0) is 13.1 Å². The lowest BCUT2D eigenvalue weighted by Gasteiger charge is -2.12. The third kappa shape index (κ3) is 5.63. The molecule has 0 spiro atoms. The van der Waals surface area contributed by atoms with Gasteiger partial charge in [-0.05, 0) is 81.8 Å². The van der Waals surface area contributed by atoms with Crippen molar-refractivity contribution in [3.05, 3.63) is 71.8 Å². The third-order valence-electron chi connectivity index (χ3n) is 6.62. The van der Waals surface area contributed by atoms with Gasteiger partial charge in [0.1, 0.15) is 0 Å². The first kappa shape index (κ1) is 24.5. The summed E-state index contributed by atoms with van der Waals surface area (Å²) in [7, 11) is 8.39. The third-order valence-corrected chi connectivity index (χ3v) is 6.62. The van der Waals surface area contributed by atoms with Crippen molar-refractivity contribution in [3.8, 4) is 0 Å². The van der Waals surface area contributed by atoms with Gasteiger partial charge in [0.2, 0.25) is 0 Å². The maximum Gasteiger partial charge on any atom is 0.0803 e. The first-order chi connectivity index (χ1) is 17.5. The van der Waals surface area contributed by atoms with Gasteiger partial charge in [0.15, 0.2) is 0 Å². The maximum absolute atomic E-state index is 5.09. The standard InChI is InChI=1S/C30H36N6/c1-35(2)13-11-31-19-21-6-9-28-24(15-21)17-23-7-10-29-26(30(23)34-28)18-25-16-22(5-8-27(25)33-29)20-32-12-14-36(3)4/h5-10,15-18,31-32H,11-14,19-20H2,1-4H3. The molecule has 2 heterocycles. The summed E-state index contributed by atoms with van der Waals surface area (Å²) in [4.78, 5) is 14.4. The van der Waals surface area contributed by atoms with E-state index in [2.05, 4.69) is 109 Å². The first-order valence-corrected chi connectivity index (χ1v) is 12.7. The molecule has 186 valence electrons. The Hall–Kier alpha value is -3.16. The van der Waals surface area contributed by atoms with E-state index in [-0.39, 0.29) is 0 Å². The Bertz CT molecular complexity index is 1510. The number of pyridine rings is 2. The molecule has 0 amide bonds. The lowest BCUT2D eigenvalue weighted by molar-refractivity contribution is 0.400. The summed E-state index contributed by atoms with van der Waals surface area (Å²) in [6.45, 7) is 5.72. The van der Waals surface area contributed by atoms with Gasteiger partial charge in [-0.3, -0.25) is 0 Å². The Morgan fingerprint density at radius 1 is 0.583 bits per heavy atom. The highest BCUT2D eigenvalue weighted by atomic mass is 15.1. The summed E-state index contributed by atoms with van der Waals surface area (Å²) >= 11 is 0. The van der Waals surface area contributed by atoms with Crippen LogP contribution in [0.4, 0.5) is 0 Å². The van der Waals surface area contributed by atoms with Crippen LogP contribution >= 0.6 is 0 Å². The molecule has 6 nitrogen and oxygen atoms in total. The van der Waals surface area contributed by atoms with Gasteiger partial charge in [0.25, 0.3) is 0 Å². The SMILES string of the molecule is CN(C)CCNCc1ccc2nc3ccc4cc5cc(CNCCN(C)C)ccc5nc4c3cc2c1. The molecule has 3 aromatic carbocycles. The van der Waals surface area contributed by atoms with Crippen LogP contribution in [0.25, 0.3) is 43.6 Å². The molecule has 2 N–H and O–H groups in total. The molecule has 0 aliphatic carbocycles. The predicted molar refractivity (Wildman–Crippen MR) is 153 cm³/mol. The largest absolute Gasteiger partial charge is 0.311 e. The van der Waals surface area contributed by atoms with Gasteiger partial charge in [-0.2, -0.15) is 0 Å². The number of hydrogen-bond donors (Lipinski definition) is 2. The zero-order valence-electron chi connectivity index (χ0n) is 21.8. The number of aromatic nitrogens is 2. The summed E-state index contributed by atoms with van der Waals surface area (Å²) < 4.78 is 0. The summed E-state index contributed by atoms with van der Waals surface area (Å²) in [5.41, 5.74) is 6.59. The number of nitrogens with zero attached hydrogens (tertiary/aromatic N) is 4. The van der Waals surface area contributed by atoms with E-state index < -0.39 is 0 Å². The Morgan fingerprint density at radius 3 is 1.75 bits per heavy atom. The number of hydrogen-bond acceptors (Lipinski definition) is 6. The van der Waals surface area contributed by atoms with Crippen molar-refractivity contribution in [3.63, 3.8) is 0 Å². The molecular weight excluding hydrogens is 444 g/mol. The predicted octanol–water partition coefficient (Wildman–Crippen LogP) is 4.39. The van der Waals surface area contributed by atoms with Crippen molar-refractivity contribution in [1.29, 1.82) is 0 Å². The van der Waals surface area contributed by atoms with E-state index in [0.29, 0.717) is 0 Å². The minimum atomic E-state index is 0.854. The van der Waals surface area contributed by atoms with Gasteiger partial charge in [0.05, 0.1) is 22.1 Å². The Morgan fingerprint density at radius 2 is 1.14 bits per heavy atom. The summed E-state index contributed by atoms with van der Waals surface area (Å²) in [5, 5.41) is 11.6. The fourth-order valence-electron chi connectivity index (χ4n) is 4.60. The second-order valence-electron chi connectivity index (χ2n) is 10.2. The highest BCUT2D eigenvalue weighted by Gasteiger charge is 2.09. The number of nitrogens with one attached hydrogen (secondary N) is 2. The average Bonchev–Trinajstić information content (AvgIpc) is 2.86. The van der Waals surface area contributed by atoms with E-state index in [4.69, 9.17) is 9.97 Å². The van der Waals surface area contributed by atoms with Crippen LogP contribution in [0.2, 0.25) is 0 Å². The number of benzene rings is 3. The van der Waals surface area contributed by atoms with Crippen molar-refractivity contribution >= 4 is 43.6 Å². The van der Waals surface area contributed by atoms with Gasteiger partial charge in [-0.1, -0.05) is 18.2 Å². The van der Waals surface area contributed by atoms with Crippen molar-refractivity contribution in [2.45, 2.75) is 13.1 Å². The van der Waals surface area contributed by atoms with Crippen molar-refractivity contribution in [1.82, 2.24) is 30.4 Å². The topological polar surface area (TPSA) is 56.3 Å². The Balaban J connectivity index is 1.45. The molecule has 36 heavy (non-hydrogen) atoms.